The Hall–Kier alpha value is -0.0800. The van der Waals surface area contributed by atoms with E-state index in [9.17, 15) is 0 Å². The molecule has 0 spiro atoms. The summed E-state index contributed by atoms with van der Waals surface area (Å²) in [7, 11) is 0. The van der Waals surface area contributed by atoms with Gasteiger partial charge in [-0.1, -0.05) is 27.7 Å². The number of nitrogens with zero attached hydrogens (tertiary/aromatic N) is 2. The maximum atomic E-state index is 2.88. The molecule has 0 aromatic heterocycles. The Kier molecular flexibility index (Phi) is 3.70. The van der Waals surface area contributed by atoms with E-state index in [0.717, 1.165) is 18.1 Å². The van der Waals surface area contributed by atoms with Gasteiger partial charge in [0.1, 0.15) is 0 Å². The van der Waals surface area contributed by atoms with Crippen molar-refractivity contribution >= 4 is 0 Å². The summed E-state index contributed by atoms with van der Waals surface area (Å²) < 4.78 is 0. The predicted octanol–water partition coefficient (Wildman–Crippen LogP) is 3.76. The quantitative estimate of drug-likeness (QED) is 0.720. The van der Waals surface area contributed by atoms with E-state index in [1.807, 2.05) is 0 Å². The Morgan fingerprint density at radius 3 is 2.20 bits per heavy atom. The van der Waals surface area contributed by atoms with Gasteiger partial charge in [-0.05, 0) is 56.4 Å². The Morgan fingerprint density at radius 2 is 1.55 bits per heavy atom. The van der Waals surface area contributed by atoms with Gasteiger partial charge < -0.3 is 0 Å². The van der Waals surface area contributed by atoms with Crippen LogP contribution in [-0.2, 0) is 0 Å². The average molecular weight is 278 g/mol. The van der Waals surface area contributed by atoms with Crippen LogP contribution in [0.3, 0.4) is 0 Å². The summed E-state index contributed by atoms with van der Waals surface area (Å²) in [6, 6.07) is 2.42. The van der Waals surface area contributed by atoms with Gasteiger partial charge in [-0.3, -0.25) is 9.80 Å². The van der Waals surface area contributed by atoms with E-state index in [2.05, 4.69) is 44.4 Å². The third kappa shape index (κ3) is 2.92. The molecule has 0 aromatic rings. The SMILES string of the molecule is CC1CN2CCCC2CN1C1CC(C)(C)CC(C)(C)C1. The van der Waals surface area contributed by atoms with Crippen molar-refractivity contribution in [1.82, 2.24) is 9.80 Å². The molecule has 2 saturated heterocycles. The highest BCUT2D eigenvalue weighted by atomic mass is 15.3. The van der Waals surface area contributed by atoms with Crippen molar-refractivity contribution in [2.75, 3.05) is 19.6 Å². The van der Waals surface area contributed by atoms with Gasteiger partial charge in [0.05, 0.1) is 0 Å². The fourth-order valence-corrected chi connectivity index (χ4v) is 5.74. The first-order chi connectivity index (χ1) is 9.26. The van der Waals surface area contributed by atoms with Gasteiger partial charge >= 0.3 is 0 Å². The Bertz CT molecular complexity index is 344. The maximum Gasteiger partial charge on any atom is 0.0224 e. The lowest BCUT2D eigenvalue weighted by molar-refractivity contribution is -0.0328. The molecule has 2 unspecified atom stereocenters. The average Bonchev–Trinajstić information content (AvgIpc) is 2.70. The molecule has 116 valence electrons. The van der Waals surface area contributed by atoms with Crippen LogP contribution in [0.15, 0.2) is 0 Å². The van der Waals surface area contributed by atoms with Crippen molar-refractivity contribution in [2.45, 2.75) is 84.8 Å². The second-order valence-corrected chi connectivity index (χ2v) is 9.40. The van der Waals surface area contributed by atoms with Crippen LogP contribution in [0, 0.1) is 10.8 Å². The van der Waals surface area contributed by atoms with Crippen LogP contribution in [0.1, 0.15) is 66.7 Å². The minimum absolute atomic E-state index is 0.513. The Labute approximate surface area is 125 Å². The van der Waals surface area contributed by atoms with Gasteiger partial charge in [0.25, 0.3) is 0 Å². The standard InChI is InChI=1S/C18H34N2/c1-14-11-19-8-6-7-15(19)12-20(14)16-9-17(2,3)13-18(4,5)10-16/h14-16H,6-13H2,1-5H3. The third-order valence-electron chi connectivity index (χ3n) is 5.99. The smallest absolute Gasteiger partial charge is 0.0224 e. The molecule has 3 aliphatic rings. The molecule has 2 nitrogen and oxygen atoms in total. The van der Waals surface area contributed by atoms with Crippen molar-refractivity contribution in [3.8, 4) is 0 Å². The van der Waals surface area contributed by atoms with Crippen molar-refractivity contribution in [3.63, 3.8) is 0 Å². The summed E-state index contributed by atoms with van der Waals surface area (Å²) in [4.78, 5) is 5.63. The fourth-order valence-electron chi connectivity index (χ4n) is 5.74. The highest BCUT2D eigenvalue weighted by molar-refractivity contribution is 4.98. The molecule has 2 aliphatic heterocycles. The summed E-state index contributed by atoms with van der Waals surface area (Å²) in [5, 5.41) is 0. The molecule has 3 rings (SSSR count). The monoisotopic (exact) mass is 278 g/mol. The fraction of sp³-hybridized carbons (Fsp3) is 1.00. The molecular formula is C18H34N2. The van der Waals surface area contributed by atoms with Gasteiger partial charge in [-0.2, -0.15) is 0 Å². The van der Waals surface area contributed by atoms with Crippen LogP contribution in [0.2, 0.25) is 0 Å². The molecule has 2 heteroatoms. The topological polar surface area (TPSA) is 6.48 Å². The molecule has 0 aromatic carbocycles. The Morgan fingerprint density at radius 1 is 0.900 bits per heavy atom. The molecule has 3 fully saturated rings. The molecular weight excluding hydrogens is 244 g/mol. The lowest BCUT2D eigenvalue weighted by Gasteiger charge is -2.53. The highest BCUT2D eigenvalue weighted by Crippen LogP contribution is 2.48. The van der Waals surface area contributed by atoms with Crippen molar-refractivity contribution < 1.29 is 0 Å². The second-order valence-electron chi connectivity index (χ2n) is 9.40. The van der Waals surface area contributed by atoms with Crippen LogP contribution in [-0.4, -0.2) is 47.6 Å². The van der Waals surface area contributed by atoms with E-state index in [0.29, 0.717) is 10.8 Å². The molecule has 2 heterocycles. The zero-order valence-corrected chi connectivity index (χ0v) is 14.3. The van der Waals surface area contributed by atoms with Gasteiger partial charge in [-0.15, -0.1) is 0 Å². The molecule has 0 N–H and O–H groups in total. The zero-order chi connectivity index (χ0) is 14.5. The lowest BCUT2D eigenvalue weighted by atomic mass is 9.63. The summed E-state index contributed by atoms with van der Waals surface area (Å²) in [6.07, 6.45) is 7.03. The van der Waals surface area contributed by atoms with E-state index >= 15 is 0 Å². The minimum Gasteiger partial charge on any atom is -0.298 e. The second kappa shape index (κ2) is 4.98. The molecule has 1 aliphatic carbocycles. The first-order valence-electron chi connectivity index (χ1n) is 8.76. The van der Waals surface area contributed by atoms with Gasteiger partial charge in [0.2, 0.25) is 0 Å². The third-order valence-corrected chi connectivity index (χ3v) is 5.99. The molecule has 0 bridgehead atoms. The first kappa shape index (κ1) is 14.8. The van der Waals surface area contributed by atoms with E-state index in [1.165, 1.54) is 51.7 Å². The van der Waals surface area contributed by atoms with Crippen LogP contribution >= 0.6 is 0 Å². The molecule has 1 saturated carbocycles. The maximum absolute atomic E-state index is 2.88. The number of fused-ring (bicyclic) bond motifs is 1. The van der Waals surface area contributed by atoms with E-state index in [-0.39, 0.29) is 0 Å². The molecule has 0 amide bonds. The van der Waals surface area contributed by atoms with Gasteiger partial charge in [0, 0.05) is 31.2 Å². The minimum atomic E-state index is 0.513. The number of piperazine rings is 1. The normalized spacial score (nSPS) is 38.9. The van der Waals surface area contributed by atoms with Crippen molar-refractivity contribution in [1.29, 1.82) is 0 Å². The van der Waals surface area contributed by atoms with E-state index < -0.39 is 0 Å². The molecule has 0 radical (unpaired) electrons. The Balaban J connectivity index is 1.74. The van der Waals surface area contributed by atoms with Crippen LogP contribution in [0.5, 0.6) is 0 Å². The number of hydrogen-bond donors (Lipinski definition) is 0. The summed E-state index contributed by atoms with van der Waals surface area (Å²) in [6.45, 7) is 16.4. The molecule has 20 heavy (non-hydrogen) atoms. The summed E-state index contributed by atoms with van der Waals surface area (Å²) in [5.41, 5.74) is 1.03. The molecule has 2 atom stereocenters. The first-order valence-corrected chi connectivity index (χ1v) is 8.76. The van der Waals surface area contributed by atoms with Crippen molar-refractivity contribution in [2.24, 2.45) is 10.8 Å². The number of hydrogen-bond acceptors (Lipinski definition) is 2. The van der Waals surface area contributed by atoms with E-state index in [4.69, 9.17) is 0 Å². The van der Waals surface area contributed by atoms with Crippen LogP contribution in [0.4, 0.5) is 0 Å². The highest BCUT2D eigenvalue weighted by Gasteiger charge is 2.44. The largest absolute Gasteiger partial charge is 0.298 e. The number of rotatable bonds is 1. The zero-order valence-electron chi connectivity index (χ0n) is 14.3. The lowest BCUT2D eigenvalue weighted by Crippen LogP contribution is -2.60. The predicted molar refractivity (Wildman–Crippen MR) is 86.0 cm³/mol. The summed E-state index contributed by atoms with van der Waals surface area (Å²) >= 11 is 0. The van der Waals surface area contributed by atoms with Crippen LogP contribution in [0.25, 0.3) is 0 Å². The summed E-state index contributed by atoms with van der Waals surface area (Å²) in [5.74, 6) is 0. The van der Waals surface area contributed by atoms with Crippen LogP contribution < -0.4 is 0 Å². The van der Waals surface area contributed by atoms with Crippen molar-refractivity contribution in [3.05, 3.63) is 0 Å². The van der Waals surface area contributed by atoms with Gasteiger partial charge in [-0.25, -0.2) is 0 Å². The van der Waals surface area contributed by atoms with Gasteiger partial charge in [0.15, 0.2) is 0 Å². The van der Waals surface area contributed by atoms with E-state index in [1.54, 1.807) is 0 Å².